The van der Waals surface area contributed by atoms with Crippen LogP contribution in [-0.4, -0.2) is 32.1 Å². The molecule has 1 spiro atoms. The molecule has 1 saturated heterocycles. The maximum Gasteiger partial charge on any atom is 0.247 e. The van der Waals surface area contributed by atoms with Crippen LogP contribution in [-0.2, 0) is 16.6 Å². The molecule has 0 saturated carbocycles. The Labute approximate surface area is 151 Å². The van der Waals surface area contributed by atoms with E-state index < -0.39 is 32.2 Å². The number of piperidine rings is 1. The van der Waals surface area contributed by atoms with Gasteiger partial charge < -0.3 is 5.32 Å². The van der Waals surface area contributed by atoms with Crippen molar-refractivity contribution in [1.82, 2.24) is 9.62 Å². The van der Waals surface area contributed by atoms with Gasteiger partial charge in [-0.15, -0.1) is 0 Å². The van der Waals surface area contributed by atoms with E-state index in [0.717, 1.165) is 12.6 Å². The van der Waals surface area contributed by atoms with Gasteiger partial charge in [-0.3, -0.25) is 4.90 Å². The lowest BCUT2D eigenvalue weighted by atomic mass is 9.96. The Hall–Kier alpha value is -2.03. The highest BCUT2D eigenvalue weighted by molar-refractivity contribution is 7.89. The van der Waals surface area contributed by atoms with E-state index in [1.54, 1.807) is 0 Å². The van der Waals surface area contributed by atoms with Crippen LogP contribution in [0, 0.1) is 11.6 Å². The van der Waals surface area contributed by atoms with Crippen molar-refractivity contribution in [3.63, 3.8) is 0 Å². The highest BCUT2D eigenvalue weighted by Crippen LogP contribution is 2.37. The minimum absolute atomic E-state index is 0.0160. The Bertz CT molecular complexity index is 927. The molecule has 1 fully saturated rings. The molecule has 0 bridgehead atoms. The Kier molecular flexibility index (Phi) is 4.21. The fraction of sp³-hybridized carbons (Fsp3) is 0.333. The Balaban J connectivity index is 1.54. The molecule has 2 aliphatic rings. The lowest BCUT2D eigenvalue weighted by molar-refractivity contribution is 0.158. The van der Waals surface area contributed by atoms with Crippen molar-refractivity contribution in [2.75, 3.05) is 18.4 Å². The van der Waals surface area contributed by atoms with Gasteiger partial charge in [0.15, 0.2) is 0 Å². The van der Waals surface area contributed by atoms with Crippen molar-refractivity contribution >= 4 is 15.7 Å². The zero-order chi connectivity index (χ0) is 18.4. The summed E-state index contributed by atoms with van der Waals surface area (Å²) in [4.78, 5) is 1.72. The van der Waals surface area contributed by atoms with E-state index >= 15 is 0 Å². The number of nitrogens with zero attached hydrogens (tertiary/aromatic N) is 1. The lowest BCUT2D eigenvalue weighted by Gasteiger charge is -2.45. The van der Waals surface area contributed by atoms with Gasteiger partial charge in [-0.1, -0.05) is 30.3 Å². The summed E-state index contributed by atoms with van der Waals surface area (Å²) in [6.07, 6.45) is 0.993. The summed E-state index contributed by atoms with van der Waals surface area (Å²) in [5.74, 6) is -1.89. The molecular weight excluding hydrogens is 360 g/mol. The molecule has 2 N–H and O–H groups in total. The first-order chi connectivity index (χ1) is 12.4. The van der Waals surface area contributed by atoms with Crippen molar-refractivity contribution in [2.24, 2.45) is 0 Å². The number of nitrogens with one attached hydrogen (secondary N) is 2. The SMILES string of the molecule is O=S1(=O)NC2(CCN(Cc3ccccc3)CC2)Nc2cc(F)cc(F)c21. The number of halogens is 2. The largest absolute Gasteiger partial charge is 0.365 e. The van der Waals surface area contributed by atoms with Crippen LogP contribution in [0.2, 0.25) is 0 Å². The normalized spacial score (nSPS) is 21.2. The summed E-state index contributed by atoms with van der Waals surface area (Å²) in [5, 5.41) is 3.04. The molecule has 0 radical (unpaired) electrons. The fourth-order valence-corrected chi connectivity index (χ4v) is 5.27. The summed E-state index contributed by atoms with van der Waals surface area (Å²) in [6, 6.07) is 11.6. The summed E-state index contributed by atoms with van der Waals surface area (Å²) in [7, 11) is -4.05. The van der Waals surface area contributed by atoms with Crippen molar-refractivity contribution in [3.05, 3.63) is 59.7 Å². The molecule has 2 heterocycles. The van der Waals surface area contributed by atoms with Crippen molar-refractivity contribution < 1.29 is 17.2 Å². The molecular formula is C18H19F2N3O2S. The zero-order valence-corrected chi connectivity index (χ0v) is 14.8. The number of hydrogen-bond acceptors (Lipinski definition) is 4. The standard InChI is InChI=1S/C18H19F2N3O2S/c19-14-10-15(20)17-16(11-14)21-18(22-26(17,24)25)6-8-23(9-7-18)12-13-4-2-1-3-5-13/h1-5,10-11,21-22H,6-9,12H2. The van der Waals surface area contributed by atoms with Crippen LogP contribution in [0.15, 0.2) is 47.4 Å². The number of sulfonamides is 1. The van der Waals surface area contributed by atoms with Gasteiger partial charge in [0.05, 0.1) is 5.69 Å². The highest BCUT2D eigenvalue weighted by Gasteiger charge is 2.44. The molecule has 2 aromatic carbocycles. The summed E-state index contributed by atoms with van der Waals surface area (Å²) < 4.78 is 55.2. The number of benzene rings is 2. The number of hydrogen-bond donors (Lipinski definition) is 2. The second kappa shape index (κ2) is 6.29. The molecule has 0 aliphatic carbocycles. The molecule has 5 nitrogen and oxygen atoms in total. The Morgan fingerprint density at radius 2 is 1.77 bits per heavy atom. The van der Waals surface area contributed by atoms with Crippen LogP contribution >= 0.6 is 0 Å². The first-order valence-electron chi connectivity index (χ1n) is 8.44. The van der Waals surface area contributed by atoms with Crippen LogP contribution in [0.1, 0.15) is 18.4 Å². The average molecular weight is 379 g/mol. The second-order valence-corrected chi connectivity index (χ2v) is 8.46. The van der Waals surface area contributed by atoms with Gasteiger partial charge in [-0.25, -0.2) is 17.2 Å². The molecule has 8 heteroatoms. The summed E-state index contributed by atoms with van der Waals surface area (Å²) in [5.41, 5.74) is 0.257. The summed E-state index contributed by atoms with van der Waals surface area (Å²) in [6.45, 7) is 2.11. The third-order valence-electron chi connectivity index (χ3n) is 4.94. The topological polar surface area (TPSA) is 61.4 Å². The molecule has 2 aliphatic heterocycles. The minimum atomic E-state index is -4.05. The molecule has 4 rings (SSSR count). The average Bonchev–Trinajstić information content (AvgIpc) is 2.56. The van der Waals surface area contributed by atoms with Gasteiger partial charge in [0.1, 0.15) is 22.2 Å². The Morgan fingerprint density at radius 3 is 2.46 bits per heavy atom. The van der Waals surface area contributed by atoms with Crippen LogP contribution in [0.4, 0.5) is 14.5 Å². The number of rotatable bonds is 2. The lowest BCUT2D eigenvalue weighted by Crippen LogP contribution is -2.62. The number of fused-ring (bicyclic) bond motifs is 1. The molecule has 0 amide bonds. The van der Waals surface area contributed by atoms with Crippen LogP contribution < -0.4 is 10.0 Å². The smallest absolute Gasteiger partial charge is 0.247 e. The predicted octanol–water partition coefficient (Wildman–Crippen LogP) is 2.66. The van der Waals surface area contributed by atoms with E-state index in [2.05, 4.69) is 14.9 Å². The Morgan fingerprint density at radius 1 is 1.08 bits per heavy atom. The molecule has 26 heavy (non-hydrogen) atoms. The van der Waals surface area contributed by atoms with E-state index in [-0.39, 0.29) is 5.69 Å². The number of anilines is 1. The van der Waals surface area contributed by atoms with Crippen LogP contribution in [0.3, 0.4) is 0 Å². The highest BCUT2D eigenvalue weighted by atomic mass is 32.2. The van der Waals surface area contributed by atoms with Crippen molar-refractivity contribution in [3.8, 4) is 0 Å². The first kappa shape index (κ1) is 17.4. The van der Waals surface area contributed by atoms with Gasteiger partial charge in [0, 0.05) is 25.7 Å². The minimum Gasteiger partial charge on any atom is -0.365 e. The first-order valence-corrected chi connectivity index (χ1v) is 9.93. The van der Waals surface area contributed by atoms with Gasteiger partial charge >= 0.3 is 0 Å². The van der Waals surface area contributed by atoms with Gasteiger partial charge in [0.25, 0.3) is 0 Å². The van der Waals surface area contributed by atoms with Gasteiger partial charge in [-0.2, -0.15) is 4.72 Å². The predicted molar refractivity (Wildman–Crippen MR) is 94.0 cm³/mol. The molecule has 0 aromatic heterocycles. The maximum absolute atomic E-state index is 14.0. The van der Waals surface area contributed by atoms with E-state index in [9.17, 15) is 17.2 Å². The molecule has 2 aromatic rings. The number of likely N-dealkylation sites (tertiary alicyclic amines) is 1. The van der Waals surface area contributed by atoms with Crippen molar-refractivity contribution in [2.45, 2.75) is 29.9 Å². The summed E-state index contributed by atoms with van der Waals surface area (Å²) >= 11 is 0. The third kappa shape index (κ3) is 3.20. The van der Waals surface area contributed by atoms with Crippen molar-refractivity contribution in [1.29, 1.82) is 0 Å². The van der Waals surface area contributed by atoms with Crippen LogP contribution in [0.5, 0.6) is 0 Å². The van der Waals surface area contributed by atoms with Gasteiger partial charge in [-0.05, 0) is 24.5 Å². The quantitative estimate of drug-likeness (QED) is 0.842. The molecule has 0 atom stereocenters. The zero-order valence-electron chi connectivity index (χ0n) is 14.0. The fourth-order valence-electron chi connectivity index (χ4n) is 3.68. The van der Waals surface area contributed by atoms with Crippen LogP contribution in [0.25, 0.3) is 0 Å². The molecule has 0 unspecified atom stereocenters. The van der Waals surface area contributed by atoms with E-state index in [1.165, 1.54) is 5.56 Å². The second-order valence-electron chi connectivity index (χ2n) is 6.84. The molecule has 138 valence electrons. The van der Waals surface area contributed by atoms with E-state index in [4.69, 9.17) is 0 Å². The maximum atomic E-state index is 14.0. The van der Waals surface area contributed by atoms with E-state index in [1.807, 2.05) is 30.3 Å². The third-order valence-corrected chi connectivity index (χ3v) is 6.55. The van der Waals surface area contributed by atoms with E-state index in [0.29, 0.717) is 32.0 Å². The monoisotopic (exact) mass is 379 g/mol. The van der Waals surface area contributed by atoms with Gasteiger partial charge in [0.2, 0.25) is 10.0 Å².